The molecule has 2 aliphatic rings. The molecule has 2 fully saturated rings. The second kappa shape index (κ2) is 12.6. The fraction of sp³-hybridized carbons (Fsp3) is 0.273. The topological polar surface area (TPSA) is 126 Å². The van der Waals surface area contributed by atoms with Crippen molar-refractivity contribution in [3.05, 3.63) is 106 Å². The number of benzene rings is 2. The van der Waals surface area contributed by atoms with Gasteiger partial charge in [0.2, 0.25) is 17.6 Å². The second-order valence-corrected chi connectivity index (χ2v) is 12.0. The Morgan fingerprint density at radius 3 is 2.49 bits per heavy atom. The molecule has 242 valence electrons. The summed E-state index contributed by atoms with van der Waals surface area (Å²) in [7, 11) is 0. The minimum absolute atomic E-state index is 0.0325. The predicted octanol–water partition coefficient (Wildman–Crippen LogP) is 4.91. The number of hydrogen-bond donors (Lipinski definition) is 2. The Hall–Kier alpha value is -5.04. The van der Waals surface area contributed by atoms with E-state index in [0.717, 1.165) is 10.5 Å². The van der Waals surface area contributed by atoms with Crippen LogP contribution in [0.4, 0.5) is 13.2 Å². The van der Waals surface area contributed by atoms with Gasteiger partial charge < -0.3 is 20.1 Å². The zero-order chi connectivity index (χ0) is 33.5. The Bertz CT molecular complexity index is 1960. The summed E-state index contributed by atoms with van der Waals surface area (Å²) in [4.78, 5) is 61.3. The van der Waals surface area contributed by atoms with Crippen LogP contribution in [-0.4, -0.2) is 55.5 Å². The van der Waals surface area contributed by atoms with Gasteiger partial charge in [-0.1, -0.05) is 29.8 Å². The summed E-state index contributed by atoms with van der Waals surface area (Å²) >= 11 is 5.82. The van der Waals surface area contributed by atoms with E-state index in [1.54, 1.807) is 24.3 Å². The zero-order valence-electron chi connectivity index (χ0n) is 25.0. The molecule has 1 aliphatic heterocycles. The SMILES string of the molecule is CC(=O)c1cn(CC(=O)N2CC(=C(F)F)CC2C(=O)NCc2cccc(Cl)c2F)c2ccc(C3(NC(=O)c4ncccn4)CC3)cc12. The van der Waals surface area contributed by atoms with Crippen molar-refractivity contribution in [3.8, 4) is 0 Å². The van der Waals surface area contributed by atoms with E-state index in [9.17, 15) is 32.3 Å². The lowest BCUT2D eigenvalue weighted by Gasteiger charge is -2.24. The summed E-state index contributed by atoms with van der Waals surface area (Å²) < 4.78 is 43.2. The van der Waals surface area contributed by atoms with Crippen molar-refractivity contribution in [2.75, 3.05) is 6.54 Å². The Balaban J connectivity index is 1.23. The highest BCUT2D eigenvalue weighted by Crippen LogP contribution is 2.46. The van der Waals surface area contributed by atoms with Gasteiger partial charge in [-0.3, -0.25) is 19.2 Å². The molecule has 3 amide bonds. The third-order valence-corrected chi connectivity index (χ3v) is 8.83. The molecule has 1 saturated carbocycles. The molecule has 14 heteroatoms. The van der Waals surface area contributed by atoms with Crippen LogP contribution in [0.1, 0.15) is 58.3 Å². The molecular weight excluding hydrogens is 637 g/mol. The lowest BCUT2D eigenvalue weighted by Crippen LogP contribution is -2.46. The van der Waals surface area contributed by atoms with Crippen molar-refractivity contribution < 1.29 is 32.3 Å². The Morgan fingerprint density at radius 2 is 1.81 bits per heavy atom. The van der Waals surface area contributed by atoms with E-state index < -0.39 is 47.7 Å². The molecule has 6 rings (SSSR count). The van der Waals surface area contributed by atoms with Gasteiger partial charge in [0.25, 0.3) is 12.0 Å². The van der Waals surface area contributed by atoms with Gasteiger partial charge in [0, 0.05) is 65.7 Å². The first kappa shape index (κ1) is 31.9. The molecule has 0 bridgehead atoms. The van der Waals surface area contributed by atoms with Gasteiger partial charge >= 0.3 is 0 Å². The minimum Gasteiger partial charge on any atom is -0.350 e. The van der Waals surface area contributed by atoms with Crippen molar-refractivity contribution in [2.45, 2.75) is 50.9 Å². The molecule has 3 heterocycles. The lowest BCUT2D eigenvalue weighted by molar-refractivity contribution is -0.138. The van der Waals surface area contributed by atoms with Crippen molar-refractivity contribution in [1.82, 2.24) is 30.1 Å². The third-order valence-electron chi connectivity index (χ3n) is 8.54. The fourth-order valence-electron chi connectivity index (χ4n) is 5.89. The van der Waals surface area contributed by atoms with E-state index in [1.807, 2.05) is 0 Å². The fourth-order valence-corrected chi connectivity index (χ4v) is 6.08. The average Bonchev–Trinajstić information content (AvgIpc) is 3.53. The molecule has 47 heavy (non-hydrogen) atoms. The van der Waals surface area contributed by atoms with Gasteiger partial charge in [0.05, 0.1) is 10.6 Å². The molecule has 1 aliphatic carbocycles. The van der Waals surface area contributed by atoms with Crippen LogP contribution in [0.5, 0.6) is 0 Å². The summed E-state index contributed by atoms with van der Waals surface area (Å²) in [6, 6.07) is 9.97. The average molecular weight is 665 g/mol. The summed E-state index contributed by atoms with van der Waals surface area (Å²) in [6.45, 7) is 0.332. The molecule has 1 saturated heterocycles. The minimum atomic E-state index is -1.98. The van der Waals surface area contributed by atoms with Crippen molar-refractivity contribution in [2.24, 2.45) is 0 Å². The van der Waals surface area contributed by atoms with Crippen LogP contribution in [0, 0.1) is 5.82 Å². The summed E-state index contributed by atoms with van der Waals surface area (Å²) in [5, 5.41) is 5.94. The molecule has 10 nitrogen and oxygen atoms in total. The first-order valence-corrected chi connectivity index (χ1v) is 15.1. The number of Topliss-reactive ketones (excluding diaryl/α,β-unsaturated/α-hetero) is 1. The first-order valence-electron chi connectivity index (χ1n) is 14.7. The molecule has 1 atom stereocenters. The Kier molecular flexibility index (Phi) is 8.58. The number of likely N-dealkylation sites (tertiary alicyclic amines) is 1. The van der Waals surface area contributed by atoms with Crippen LogP contribution in [-0.2, 0) is 28.2 Å². The first-order chi connectivity index (χ1) is 22.5. The summed E-state index contributed by atoms with van der Waals surface area (Å²) in [5.74, 6) is -2.73. The molecular formula is C33H28ClF3N6O4. The van der Waals surface area contributed by atoms with E-state index in [4.69, 9.17) is 11.6 Å². The highest BCUT2D eigenvalue weighted by atomic mass is 35.5. The number of nitrogens with one attached hydrogen (secondary N) is 2. The van der Waals surface area contributed by atoms with Crippen LogP contribution >= 0.6 is 11.6 Å². The number of nitrogens with zero attached hydrogens (tertiary/aromatic N) is 4. The van der Waals surface area contributed by atoms with Gasteiger partial charge in [-0.25, -0.2) is 14.4 Å². The largest absolute Gasteiger partial charge is 0.350 e. The highest BCUT2D eigenvalue weighted by Gasteiger charge is 2.46. The predicted molar refractivity (Wildman–Crippen MR) is 165 cm³/mol. The Morgan fingerprint density at radius 1 is 1.06 bits per heavy atom. The van der Waals surface area contributed by atoms with Crippen molar-refractivity contribution >= 4 is 46.0 Å². The number of hydrogen-bond acceptors (Lipinski definition) is 6. The molecule has 2 N–H and O–H groups in total. The second-order valence-electron chi connectivity index (χ2n) is 11.6. The number of ketones is 1. The van der Waals surface area contributed by atoms with E-state index in [1.165, 1.54) is 48.3 Å². The number of halogens is 4. The van der Waals surface area contributed by atoms with Crippen molar-refractivity contribution in [3.63, 3.8) is 0 Å². The maximum atomic E-state index is 14.3. The monoisotopic (exact) mass is 664 g/mol. The van der Waals surface area contributed by atoms with Crippen molar-refractivity contribution in [1.29, 1.82) is 0 Å². The zero-order valence-corrected chi connectivity index (χ0v) is 25.8. The Labute approximate surface area is 271 Å². The van der Waals surface area contributed by atoms with Crippen LogP contribution in [0.3, 0.4) is 0 Å². The molecule has 0 radical (unpaired) electrons. The van der Waals surface area contributed by atoms with E-state index in [2.05, 4.69) is 20.6 Å². The van der Waals surface area contributed by atoms with Crippen LogP contribution in [0.25, 0.3) is 10.9 Å². The molecule has 2 aromatic heterocycles. The van der Waals surface area contributed by atoms with Crippen LogP contribution in [0.2, 0.25) is 5.02 Å². The lowest BCUT2D eigenvalue weighted by atomic mass is 10.0. The molecule has 2 aromatic carbocycles. The highest BCUT2D eigenvalue weighted by molar-refractivity contribution is 6.30. The number of amides is 3. The van der Waals surface area contributed by atoms with Gasteiger partial charge in [-0.15, -0.1) is 0 Å². The smallest absolute Gasteiger partial charge is 0.289 e. The normalized spacial score (nSPS) is 16.7. The number of rotatable bonds is 9. The van der Waals surface area contributed by atoms with Gasteiger partial charge in [0.1, 0.15) is 18.4 Å². The van der Waals surface area contributed by atoms with E-state index >= 15 is 0 Å². The van der Waals surface area contributed by atoms with Gasteiger partial charge in [-0.05, 0) is 49.6 Å². The van der Waals surface area contributed by atoms with E-state index in [-0.39, 0.29) is 47.3 Å². The molecule has 1 unspecified atom stereocenters. The third kappa shape index (κ3) is 6.35. The molecule has 4 aromatic rings. The van der Waals surface area contributed by atoms with Crippen LogP contribution < -0.4 is 10.6 Å². The number of fused-ring (bicyclic) bond motifs is 1. The standard InChI is InChI=1S/C33H28ClF3N6O4/c1-18(44)23-16-42(25-7-6-21(13-22(23)25)33(8-9-33)41-32(47)30-38-10-3-11-39-30)17-27(45)43-15-20(29(36)37)12-26(43)31(46)40-14-19-4-2-5-24(34)28(19)35/h2-7,10-11,13,16,26H,8-9,12,14-15,17H2,1H3,(H,40,46)(H,41,47). The van der Waals surface area contributed by atoms with Gasteiger partial charge in [0.15, 0.2) is 5.78 Å². The van der Waals surface area contributed by atoms with E-state index in [0.29, 0.717) is 29.3 Å². The van der Waals surface area contributed by atoms with Gasteiger partial charge in [-0.2, -0.15) is 8.78 Å². The maximum absolute atomic E-state index is 14.3. The maximum Gasteiger partial charge on any atom is 0.289 e. The summed E-state index contributed by atoms with van der Waals surface area (Å²) in [5.41, 5.74) is 0.713. The number of carbonyl (C=O) groups is 4. The number of aromatic nitrogens is 3. The number of carbonyl (C=O) groups excluding carboxylic acids is 4. The quantitative estimate of drug-likeness (QED) is 0.245. The van der Waals surface area contributed by atoms with Crippen LogP contribution in [0.15, 0.2) is 72.7 Å². The summed E-state index contributed by atoms with van der Waals surface area (Å²) in [6.07, 6.45) is 3.43. The molecule has 0 spiro atoms.